The molecule has 1 unspecified atom stereocenters. The van der Waals surface area contributed by atoms with Crippen LogP contribution in [0.2, 0.25) is 0 Å². The molecule has 1 heterocycles. The van der Waals surface area contributed by atoms with Gasteiger partial charge in [-0.1, -0.05) is 6.07 Å². The topological polar surface area (TPSA) is 70.2 Å². The van der Waals surface area contributed by atoms with E-state index in [1.54, 1.807) is 24.3 Å². The first-order chi connectivity index (χ1) is 9.85. The van der Waals surface area contributed by atoms with Crippen LogP contribution in [0.4, 0.5) is 5.69 Å². The van der Waals surface area contributed by atoms with E-state index in [0.29, 0.717) is 11.3 Å². The molecule has 2 amide bonds. The summed E-state index contributed by atoms with van der Waals surface area (Å²) in [6, 6.07) is 7.03. The van der Waals surface area contributed by atoms with Crippen LogP contribution in [0.15, 0.2) is 24.3 Å². The Morgan fingerprint density at radius 2 is 2.05 bits per heavy atom. The maximum absolute atomic E-state index is 12.1. The SMILES string of the molecule is CC(C)(C)NC(=O)c1cccc(NC(=O)C2CCNC2)c1. The molecule has 3 N–H and O–H groups in total. The molecule has 1 aliphatic heterocycles. The first-order valence-corrected chi connectivity index (χ1v) is 7.29. The molecule has 2 rings (SSSR count). The lowest BCUT2D eigenvalue weighted by molar-refractivity contribution is -0.119. The average Bonchev–Trinajstić information content (AvgIpc) is 2.91. The fraction of sp³-hybridized carbons (Fsp3) is 0.500. The van der Waals surface area contributed by atoms with Crippen molar-refractivity contribution in [1.29, 1.82) is 0 Å². The van der Waals surface area contributed by atoms with Gasteiger partial charge in [0, 0.05) is 23.3 Å². The second-order valence-electron chi connectivity index (χ2n) is 6.46. The quantitative estimate of drug-likeness (QED) is 0.794. The highest BCUT2D eigenvalue weighted by Gasteiger charge is 2.22. The second-order valence-corrected chi connectivity index (χ2v) is 6.46. The van der Waals surface area contributed by atoms with Crippen LogP contribution in [-0.2, 0) is 4.79 Å². The van der Waals surface area contributed by atoms with E-state index < -0.39 is 0 Å². The molecule has 5 nitrogen and oxygen atoms in total. The zero-order valence-corrected chi connectivity index (χ0v) is 12.8. The molecule has 114 valence electrons. The molecule has 0 radical (unpaired) electrons. The van der Waals surface area contributed by atoms with Crippen LogP contribution in [-0.4, -0.2) is 30.4 Å². The van der Waals surface area contributed by atoms with Crippen LogP contribution in [0, 0.1) is 5.92 Å². The van der Waals surface area contributed by atoms with Crippen molar-refractivity contribution >= 4 is 17.5 Å². The predicted octanol–water partition coefficient (Wildman–Crippen LogP) is 1.76. The molecule has 0 spiro atoms. The van der Waals surface area contributed by atoms with Crippen molar-refractivity contribution in [2.75, 3.05) is 18.4 Å². The summed E-state index contributed by atoms with van der Waals surface area (Å²) in [5.74, 6) is -0.119. The molecular formula is C16H23N3O2. The van der Waals surface area contributed by atoms with E-state index in [2.05, 4.69) is 16.0 Å². The van der Waals surface area contributed by atoms with Gasteiger partial charge in [-0.3, -0.25) is 9.59 Å². The first-order valence-electron chi connectivity index (χ1n) is 7.29. The maximum atomic E-state index is 12.1. The minimum Gasteiger partial charge on any atom is -0.347 e. The molecule has 1 aromatic rings. The highest BCUT2D eigenvalue weighted by molar-refractivity contribution is 5.98. The molecule has 21 heavy (non-hydrogen) atoms. The van der Waals surface area contributed by atoms with Crippen LogP contribution < -0.4 is 16.0 Å². The summed E-state index contributed by atoms with van der Waals surface area (Å²) in [5.41, 5.74) is 0.923. The van der Waals surface area contributed by atoms with Crippen molar-refractivity contribution in [3.05, 3.63) is 29.8 Å². The normalized spacial score (nSPS) is 18.3. The second kappa shape index (κ2) is 6.26. The van der Waals surface area contributed by atoms with Crippen LogP contribution >= 0.6 is 0 Å². The van der Waals surface area contributed by atoms with Gasteiger partial charge in [0.05, 0.1) is 5.92 Å². The summed E-state index contributed by atoms with van der Waals surface area (Å²) >= 11 is 0. The average molecular weight is 289 g/mol. The number of benzene rings is 1. The molecular weight excluding hydrogens is 266 g/mol. The van der Waals surface area contributed by atoms with Gasteiger partial charge in [0.2, 0.25) is 5.91 Å². The van der Waals surface area contributed by atoms with E-state index in [9.17, 15) is 9.59 Å². The predicted molar refractivity (Wildman–Crippen MR) is 83.3 cm³/mol. The van der Waals surface area contributed by atoms with Gasteiger partial charge in [0.1, 0.15) is 0 Å². The van der Waals surface area contributed by atoms with Gasteiger partial charge in [-0.15, -0.1) is 0 Å². The third kappa shape index (κ3) is 4.56. The van der Waals surface area contributed by atoms with Crippen molar-refractivity contribution in [1.82, 2.24) is 10.6 Å². The summed E-state index contributed by atoms with van der Waals surface area (Å²) in [4.78, 5) is 24.2. The summed E-state index contributed by atoms with van der Waals surface area (Å²) in [6.07, 6.45) is 0.857. The van der Waals surface area contributed by atoms with E-state index in [4.69, 9.17) is 0 Å². The summed E-state index contributed by atoms with van der Waals surface area (Å²) in [7, 11) is 0. The van der Waals surface area contributed by atoms with E-state index >= 15 is 0 Å². The fourth-order valence-corrected chi connectivity index (χ4v) is 2.27. The van der Waals surface area contributed by atoms with Gasteiger partial charge in [-0.05, 0) is 51.9 Å². The summed E-state index contributed by atoms with van der Waals surface area (Å²) < 4.78 is 0. The third-order valence-electron chi connectivity index (χ3n) is 3.31. The van der Waals surface area contributed by atoms with Crippen molar-refractivity contribution in [3.8, 4) is 0 Å². The maximum Gasteiger partial charge on any atom is 0.251 e. The monoisotopic (exact) mass is 289 g/mol. The minimum absolute atomic E-state index is 0.00776. The Labute approximate surface area is 125 Å². The molecule has 0 aliphatic carbocycles. The Morgan fingerprint density at radius 3 is 2.67 bits per heavy atom. The Morgan fingerprint density at radius 1 is 1.29 bits per heavy atom. The number of nitrogens with one attached hydrogen (secondary N) is 3. The van der Waals surface area contributed by atoms with Gasteiger partial charge in [-0.25, -0.2) is 0 Å². The van der Waals surface area contributed by atoms with E-state index in [1.807, 2.05) is 20.8 Å². The Balaban J connectivity index is 2.03. The molecule has 1 aliphatic rings. The zero-order chi connectivity index (χ0) is 15.5. The highest BCUT2D eigenvalue weighted by atomic mass is 16.2. The largest absolute Gasteiger partial charge is 0.347 e. The highest BCUT2D eigenvalue weighted by Crippen LogP contribution is 2.15. The smallest absolute Gasteiger partial charge is 0.251 e. The van der Waals surface area contributed by atoms with Crippen LogP contribution in [0.5, 0.6) is 0 Å². The van der Waals surface area contributed by atoms with Gasteiger partial charge in [-0.2, -0.15) is 0 Å². The lowest BCUT2D eigenvalue weighted by Gasteiger charge is -2.20. The van der Waals surface area contributed by atoms with E-state index in [0.717, 1.165) is 19.5 Å². The van der Waals surface area contributed by atoms with Crippen molar-refractivity contribution in [2.24, 2.45) is 5.92 Å². The Hall–Kier alpha value is -1.88. The number of carbonyl (C=O) groups excluding carboxylic acids is 2. The molecule has 1 atom stereocenters. The number of amides is 2. The van der Waals surface area contributed by atoms with Crippen molar-refractivity contribution < 1.29 is 9.59 Å². The number of carbonyl (C=O) groups is 2. The van der Waals surface area contributed by atoms with Crippen LogP contribution in [0.1, 0.15) is 37.6 Å². The van der Waals surface area contributed by atoms with Gasteiger partial charge < -0.3 is 16.0 Å². The number of hydrogen-bond donors (Lipinski definition) is 3. The van der Waals surface area contributed by atoms with E-state index in [1.165, 1.54) is 0 Å². The third-order valence-corrected chi connectivity index (χ3v) is 3.31. The fourth-order valence-electron chi connectivity index (χ4n) is 2.27. The number of rotatable bonds is 3. The molecule has 1 saturated heterocycles. The lowest BCUT2D eigenvalue weighted by Crippen LogP contribution is -2.40. The zero-order valence-electron chi connectivity index (χ0n) is 12.8. The lowest BCUT2D eigenvalue weighted by atomic mass is 10.1. The van der Waals surface area contributed by atoms with Crippen LogP contribution in [0.25, 0.3) is 0 Å². The van der Waals surface area contributed by atoms with Gasteiger partial charge in [0.15, 0.2) is 0 Å². The Bertz CT molecular complexity index is 529. The molecule has 1 aromatic carbocycles. The number of anilines is 1. The molecule has 0 saturated carbocycles. The van der Waals surface area contributed by atoms with Gasteiger partial charge >= 0.3 is 0 Å². The first kappa shape index (κ1) is 15.5. The summed E-state index contributed by atoms with van der Waals surface area (Å²) in [6.45, 7) is 7.40. The van der Waals surface area contributed by atoms with Gasteiger partial charge in [0.25, 0.3) is 5.91 Å². The molecule has 5 heteroatoms. The van der Waals surface area contributed by atoms with Crippen LogP contribution in [0.3, 0.4) is 0 Å². The standard InChI is InChI=1S/C16H23N3O2/c1-16(2,3)19-15(21)11-5-4-6-13(9-11)18-14(20)12-7-8-17-10-12/h4-6,9,12,17H,7-8,10H2,1-3H3,(H,18,20)(H,19,21). The number of hydrogen-bond acceptors (Lipinski definition) is 3. The molecule has 0 bridgehead atoms. The summed E-state index contributed by atoms with van der Waals surface area (Å²) in [5, 5.41) is 8.96. The molecule has 1 fully saturated rings. The van der Waals surface area contributed by atoms with E-state index in [-0.39, 0.29) is 23.3 Å². The molecule has 0 aromatic heterocycles. The minimum atomic E-state index is -0.286. The Kier molecular flexibility index (Phi) is 4.63. The van der Waals surface area contributed by atoms with Crippen molar-refractivity contribution in [2.45, 2.75) is 32.7 Å². The van der Waals surface area contributed by atoms with Crippen molar-refractivity contribution in [3.63, 3.8) is 0 Å².